The van der Waals surface area contributed by atoms with Gasteiger partial charge in [0.25, 0.3) is 0 Å². The SMILES string of the molecule is C=CC.C=CCCCNC(=O)OCC(C)(C)C.CC.CC. The Balaban J connectivity index is -0.000000176. The molecule has 0 saturated heterocycles. The highest BCUT2D eigenvalue weighted by Gasteiger charge is 2.12. The van der Waals surface area contributed by atoms with E-state index in [2.05, 4.69) is 18.5 Å². The van der Waals surface area contributed by atoms with Gasteiger partial charge in [-0.05, 0) is 25.2 Å². The van der Waals surface area contributed by atoms with Gasteiger partial charge in [0.05, 0.1) is 6.61 Å². The number of carbonyl (C=O) groups is 1. The largest absolute Gasteiger partial charge is 0.449 e. The third-order valence-electron chi connectivity index (χ3n) is 1.49. The van der Waals surface area contributed by atoms with E-state index in [1.54, 1.807) is 6.08 Å². The van der Waals surface area contributed by atoms with Gasteiger partial charge in [-0.2, -0.15) is 0 Å². The lowest BCUT2D eigenvalue weighted by atomic mass is 9.99. The Labute approximate surface area is 133 Å². The standard InChI is InChI=1S/C11H21NO2.C3H6.2C2H6/c1-5-6-7-8-12-10(13)14-9-11(2,3)4;1-3-2;2*1-2/h5H,1,6-9H2,2-4H3,(H,12,13);3H,1H2,2H3;2*1-2H3. The van der Waals surface area contributed by atoms with E-state index in [1.807, 2.05) is 61.5 Å². The van der Waals surface area contributed by atoms with Gasteiger partial charge < -0.3 is 10.1 Å². The van der Waals surface area contributed by atoms with Crippen molar-refractivity contribution in [1.29, 1.82) is 0 Å². The van der Waals surface area contributed by atoms with E-state index in [-0.39, 0.29) is 11.5 Å². The van der Waals surface area contributed by atoms with Crippen LogP contribution >= 0.6 is 0 Å². The number of ether oxygens (including phenoxy) is 1. The first-order chi connectivity index (χ1) is 9.87. The van der Waals surface area contributed by atoms with E-state index in [1.165, 1.54) is 0 Å². The van der Waals surface area contributed by atoms with Crippen molar-refractivity contribution in [3.8, 4) is 0 Å². The summed E-state index contributed by atoms with van der Waals surface area (Å²) in [6, 6.07) is 0. The van der Waals surface area contributed by atoms with Crippen LogP contribution in [0.15, 0.2) is 25.3 Å². The van der Waals surface area contributed by atoms with Crippen molar-refractivity contribution < 1.29 is 9.53 Å². The molecule has 0 fully saturated rings. The van der Waals surface area contributed by atoms with Crippen molar-refractivity contribution in [3.05, 3.63) is 25.3 Å². The van der Waals surface area contributed by atoms with Crippen molar-refractivity contribution in [2.75, 3.05) is 13.2 Å². The molecule has 0 aromatic rings. The Morgan fingerprint density at radius 3 is 1.90 bits per heavy atom. The van der Waals surface area contributed by atoms with Crippen molar-refractivity contribution in [2.45, 2.75) is 68.2 Å². The van der Waals surface area contributed by atoms with Crippen LogP contribution < -0.4 is 5.32 Å². The number of alkyl carbamates (subject to hydrolysis) is 1. The number of hydrogen-bond acceptors (Lipinski definition) is 2. The van der Waals surface area contributed by atoms with Crippen molar-refractivity contribution >= 4 is 6.09 Å². The topological polar surface area (TPSA) is 38.3 Å². The van der Waals surface area contributed by atoms with Gasteiger partial charge in [-0.3, -0.25) is 0 Å². The van der Waals surface area contributed by atoms with Gasteiger partial charge in [0.1, 0.15) is 0 Å². The lowest BCUT2D eigenvalue weighted by Gasteiger charge is -2.17. The number of nitrogens with one attached hydrogen (secondary N) is 1. The minimum Gasteiger partial charge on any atom is -0.449 e. The molecule has 0 aromatic carbocycles. The van der Waals surface area contributed by atoms with Crippen LogP contribution in [0.4, 0.5) is 4.79 Å². The number of rotatable bonds is 5. The smallest absolute Gasteiger partial charge is 0.407 e. The average molecular weight is 302 g/mol. The third-order valence-corrected chi connectivity index (χ3v) is 1.49. The molecule has 0 spiro atoms. The van der Waals surface area contributed by atoms with Crippen LogP contribution in [0.5, 0.6) is 0 Å². The number of allylic oxidation sites excluding steroid dienone is 2. The molecule has 0 aliphatic heterocycles. The Morgan fingerprint density at radius 2 is 1.57 bits per heavy atom. The Kier molecular flexibility index (Phi) is 31.7. The highest BCUT2D eigenvalue weighted by atomic mass is 16.5. The molecule has 1 N–H and O–H groups in total. The number of hydrogen-bond donors (Lipinski definition) is 1. The van der Waals surface area contributed by atoms with Crippen LogP contribution in [0.1, 0.15) is 68.2 Å². The molecule has 0 bridgehead atoms. The summed E-state index contributed by atoms with van der Waals surface area (Å²) in [4.78, 5) is 11.1. The summed E-state index contributed by atoms with van der Waals surface area (Å²) >= 11 is 0. The summed E-state index contributed by atoms with van der Waals surface area (Å²) in [5.74, 6) is 0. The lowest BCUT2D eigenvalue weighted by Crippen LogP contribution is -2.28. The van der Waals surface area contributed by atoms with Gasteiger partial charge in [0.15, 0.2) is 0 Å². The van der Waals surface area contributed by atoms with E-state index in [0.29, 0.717) is 13.2 Å². The molecule has 0 heterocycles. The molecule has 0 atom stereocenters. The van der Waals surface area contributed by atoms with Gasteiger partial charge in [-0.1, -0.05) is 60.6 Å². The average Bonchev–Trinajstić information content (AvgIpc) is 2.46. The number of unbranched alkanes of at least 4 members (excludes halogenated alkanes) is 1. The molecule has 0 rings (SSSR count). The minimum absolute atomic E-state index is 0.0262. The first-order valence-electron chi connectivity index (χ1n) is 7.96. The Hall–Kier alpha value is -1.25. The number of carbonyl (C=O) groups excluding carboxylic acids is 1. The quantitative estimate of drug-likeness (QED) is 0.502. The zero-order valence-electron chi connectivity index (χ0n) is 15.7. The first kappa shape index (κ1) is 28.0. The van der Waals surface area contributed by atoms with Gasteiger partial charge in [-0.25, -0.2) is 4.79 Å². The predicted molar refractivity (Wildman–Crippen MR) is 96.8 cm³/mol. The summed E-state index contributed by atoms with van der Waals surface area (Å²) < 4.78 is 5.01. The van der Waals surface area contributed by atoms with Crippen LogP contribution in [0.3, 0.4) is 0 Å². The fourth-order valence-electron chi connectivity index (χ4n) is 0.770. The van der Waals surface area contributed by atoms with Crippen LogP contribution in [0.25, 0.3) is 0 Å². The summed E-state index contributed by atoms with van der Waals surface area (Å²) in [7, 11) is 0. The summed E-state index contributed by atoms with van der Waals surface area (Å²) in [6.07, 6.45) is 5.08. The van der Waals surface area contributed by atoms with E-state index in [0.717, 1.165) is 12.8 Å². The molecule has 0 aliphatic rings. The summed E-state index contributed by atoms with van der Waals surface area (Å²) in [6.45, 7) is 24.0. The van der Waals surface area contributed by atoms with Crippen LogP contribution in [0, 0.1) is 5.41 Å². The molecule has 0 unspecified atom stereocenters. The van der Waals surface area contributed by atoms with Crippen LogP contribution in [0.2, 0.25) is 0 Å². The second-order valence-corrected chi connectivity index (χ2v) is 4.90. The molecule has 3 heteroatoms. The molecule has 0 radical (unpaired) electrons. The summed E-state index contributed by atoms with van der Waals surface area (Å²) in [5.41, 5.74) is 0.0262. The lowest BCUT2D eigenvalue weighted by molar-refractivity contribution is 0.106. The molecule has 1 amide bonds. The second-order valence-electron chi connectivity index (χ2n) is 4.90. The first-order valence-corrected chi connectivity index (χ1v) is 7.96. The number of amides is 1. The van der Waals surface area contributed by atoms with Crippen molar-refractivity contribution in [2.24, 2.45) is 5.41 Å². The molecule has 0 aromatic heterocycles. The van der Waals surface area contributed by atoms with E-state index in [9.17, 15) is 4.79 Å². The second kappa shape index (κ2) is 23.8. The molecule has 0 aliphatic carbocycles. The Bertz CT molecular complexity index is 218. The van der Waals surface area contributed by atoms with E-state index in [4.69, 9.17) is 4.74 Å². The van der Waals surface area contributed by atoms with Gasteiger partial charge >= 0.3 is 6.09 Å². The van der Waals surface area contributed by atoms with Gasteiger partial charge in [0, 0.05) is 6.54 Å². The maximum absolute atomic E-state index is 11.1. The van der Waals surface area contributed by atoms with Gasteiger partial charge in [-0.15, -0.1) is 13.2 Å². The molecular weight excluding hydrogens is 262 g/mol. The normalized spacial score (nSPS) is 8.38. The summed E-state index contributed by atoms with van der Waals surface area (Å²) in [5, 5.41) is 2.68. The Morgan fingerprint density at radius 1 is 1.14 bits per heavy atom. The molecule has 0 saturated carbocycles. The van der Waals surface area contributed by atoms with Crippen LogP contribution in [-0.4, -0.2) is 19.2 Å². The fraction of sp³-hybridized carbons (Fsp3) is 0.722. The highest BCUT2D eigenvalue weighted by molar-refractivity contribution is 5.67. The third kappa shape index (κ3) is 45.5. The highest BCUT2D eigenvalue weighted by Crippen LogP contribution is 2.12. The van der Waals surface area contributed by atoms with E-state index >= 15 is 0 Å². The van der Waals surface area contributed by atoms with Crippen molar-refractivity contribution in [3.63, 3.8) is 0 Å². The predicted octanol–water partition coefficient (Wildman–Crippen LogP) is 5.97. The monoisotopic (exact) mass is 301 g/mol. The maximum atomic E-state index is 11.1. The fourth-order valence-corrected chi connectivity index (χ4v) is 0.770. The minimum atomic E-state index is -0.330. The zero-order valence-corrected chi connectivity index (χ0v) is 15.7. The van der Waals surface area contributed by atoms with Crippen molar-refractivity contribution in [1.82, 2.24) is 5.32 Å². The zero-order chi connectivity index (χ0) is 17.7. The molecular formula is C18H39NO2. The van der Waals surface area contributed by atoms with E-state index < -0.39 is 0 Å². The maximum Gasteiger partial charge on any atom is 0.407 e. The van der Waals surface area contributed by atoms with Crippen LogP contribution in [-0.2, 0) is 4.74 Å². The molecule has 3 nitrogen and oxygen atoms in total. The molecule has 21 heavy (non-hydrogen) atoms. The molecule has 128 valence electrons. The van der Waals surface area contributed by atoms with Gasteiger partial charge in [0.2, 0.25) is 0 Å².